The molecule has 3 rings (SSSR count). The summed E-state index contributed by atoms with van der Waals surface area (Å²) in [6.07, 6.45) is 0. The molecule has 3 aromatic carbocycles. The Labute approximate surface area is 153 Å². The van der Waals surface area contributed by atoms with Gasteiger partial charge in [0, 0.05) is 10.4 Å². The molecule has 0 aromatic heterocycles. The lowest BCUT2D eigenvalue weighted by molar-refractivity contribution is 0.964. The number of rotatable bonds is 3. The van der Waals surface area contributed by atoms with Gasteiger partial charge in [-0.1, -0.05) is 86.7 Å². The lowest BCUT2D eigenvalue weighted by Crippen LogP contribution is -2.05. The van der Waals surface area contributed by atoms with E-state index in [1.165, 1.54) is 38.9 Å². The van der Waals surface area contributed by atoms with Gasteiger partial charge in [-0.15, -0.1) is 0 Å². The van der Waals surface area contributed by atoms with Crippen molar-refractivity contribution in [2.45, 2.75) is 33.6 Å². The molecule has 122 valence electrons. The van der Waals surface area contributed by atoms with E-state index in [2.05, 4.69) is 104 Å². The summed E-state index contributed by atoms with van der Waals surface area (Å²) in [6.45, 7) is 8.71. The molecule has 0 saturated carbocycles. The molecule has 24 heavy (non-hydrogen) atoms. The van der Waals surface area contributed by atoms with Crippen molar-refractivity contribution in [3.8, 4) is 0 Å². The second-order valence-corrected chi connectivity index (χ2v) is 7.74. The predicted molar refractivity (Wildman–Crippen MR) is 107 cm³/mol. The van der Waals surface area contributed by atoms with Crippen LogP contribution in [0.2, 0.25) is 0 Å². The van der Waals surface area contributed by atoms with E-state index in [-0.39, 0.29) is 5.92 Å². The fourth-order valence-electron chi connectivity index (χ4n) is 3.59. The molecular formula is C23H23Br. The summed E-state index contributed by atoms with van der Waals surface area (Å²) in [7, 11) is 0. The lowest BCUT2D eigenvalue weighted by atomic mass is 9.83. The van der Waals surface area contributed by atoms with Crippen molar-refractivity contribution in [3.05, 3.63) is 104 Å². The average Bonchev–Trinajstić information content (AvgIpc) is 2.47. The highest BCUT2D eigenvalue weighted by atomic mass is 79.9. The SMILES string of the molecule is Cc1cc(C)cc(C(c2ccc(Br)cc2)c2cc(C)cc(C)c2)c1. The van der Waals surface area contributed by atoms with E-state index in [9.17, 15) is 0 Å². The van der Waals surface area contributed by atoms with Crippen molar-refractivity contribution < 1.29 is 0 Å². The van der Waals surface area contributed by atoms with Crippen molar-refractivity contribution in [2.24, 2.45) is 0 Å². The van der Waals surface area contributed by atoms with Crippen LogP contribution < -0.4 is 0 Å². The molecule has 0 fully saturated rings. The van der Waals surface area contributed by atoms with Gasteiger partial charge in [0.25, 0.3) is 0 Å². The molecule has 0 atom stereocenters. The van der Waals surface area contributed by atoms with E-state index in [0.717, 1.165) is 4.47 Å². The van der Waals surface area contributed by atoms with Crippen LogP contribution >= 0.6 is 15.9 Å². The molecule has 0 N–H and O–H groups in total. The quantitative estimate of drug-likeness (QED) is 0.436. The average molecular weight is 379 g/mol. The van der Waals surface area contributed by atoms with Crippen LogP contribution in [0.5, 0.6) is 0 Å². The van der Waals surface area contributed by atoms with Gasteiger partial charge in [-0.2, -0.15) is 0 Å². The highest BCUT2D eigenvalue weighted by Gasteiger charge is 2.18. The van der Waals surface area contributed by atoms with Gasteiger partial charge in [-0.25, -0.2) is 0 Å². The van der Waals surface area contributed by atoms with Gasteiger partial charge < -0.3 is 0 Å². The summed E-state index contributed by atoms with van der Waals surface area (Å²) in [6, 6.07) is 22.5. The molecule has 0 saturated heterocycles. The molecule has 0 radical (unpaired) electrons. The Morgan fingerprint density at radius 3 is 1.29 bits per heavy atom. The zero-order valence-corrected chi connectivity index (χ0v) is 16.3. The molecule has 1 heteroatoms. The van der Waals surface area contributed by atoms with Crippen LogP contribution in [0.15, 0.2) is 65.1 Å². The Morgan fingerprint density at radius 2 is 0.917 bits per heavy atom. The first-order chi connectivity index (χ1) is 11.4. The molecule has 0 amide bonds. The van der Waals surface area contributed by atoms with E-state index in [1.54, 1.807) is 0 Å². The van der Waals surface area contributed by atoms with E-state index in [0.29, 0.717) is 0 Å². The Balaban J connectivity index is 2.21. The summed E-state index contributed by atoms with van der Waals surface area (Å²) >= 11 is 3.55. The highest BCUT2D eigenvalue weighted by Crippen LogP contribution is 2.34. The maximum absolute atomic E-state index is 3.55. The first-order valence-corrected chi connectivity index (χ1v) is 9.13. The van der Waals surface area contributed by atoms with Crippen LogP contribution in [0, 0.1) is 27.7 Å². The molecule has 0 aliphatic heterocycles. The molecule has 0 nitrogen and oxygen atoms in total. The van der Waals surface area contributed by atoms with Crippen LogP contribution in [0.1, 0.15) is 44.9 Å². The van der Waals surface area contributed by atoms with Crippen molar-refractivity contribution in [1.82, 2.24) is 0 Å². The second kappa shape index (κ2) is 6.94. The number of aryl methyl sites for hydroxylation is 4. The highest BCUT2D eigenvalue weighted by molar-refractivity contribution is 9.10. The van der Waals surface area contributed by atoms with Crippen LogP contribution in [-0.4, -0.2) is 0 Å². The van der Waals surface area contributed by atoms with Gasteiger partial charge in [0.05, 0.1) is 0 Å². The van der Waals surface area contributed by atoms with Gasteiger partial charge in [0.15, 0.2) is 0 Å². The standard InChI is InChI=1S/C23H23Br/c1-15-9-16(2)12-20(11-15)23(19-5-7-22(24)8-6-19)21-13-17(3)10-18(4)14-21/h5-14,23H,1-4H3. The summed E-state index contributed by atoms with van der Waals surface area (Å²) in [4.78, 5) is 0. The van der Waals surface area contributed by atoms with Gasteiger partial charge >= 0.3 is 0 Å². The Hall–Kier alpha value is -1.86. The fourth-order valence-corrected chi connectivity index (χ4v) is 3.85. The number of hydrogen-bond acceptors (Lipinski definition) is 0. The zero-order valence-electron chi connectivity index (χ0n) is 14.7. The molecule has 0 spiro atoms. The third-order valence-electron chi connectivity index (χ3n) is 4.36. The first-order valence-electron chi connectivity index (χ1n) is 8.34. The normalized spacial score (nSPS) is 11.1. The number of benzene rings is 3. The van der Waals surface area contributed by atoms with E-state index in [1.807, 2.05) is 0 Å². The molecule has 0 aliphatic rings. The van der Waals surface area contributed by atoms with Gasteiger partial charge in [-0.3, -0.25) is 0 Å². The largest absolute Gasteiger partial charge is 0.0570 e. The zero-order chi connectivity index (χ0) is 17.3. The maximum atomic E-state index is 3.55. The molecule has 0 bridgehead atoms. The van der Waals surface area contributed by atoms with Crippen molar-refractivity contribution in [2.75, 3.05) is 0 Å². The van der Waals surface area contributed by atoms with Gasteiger partial charge in [0.2, 0.25) is 0 Å². The molecular weight excluding hydrogens is 356 g/mol. The van der Waals surface area contributed by atoms with Gasteiger partial charge in [-0.05, 0) is 56.5 Å². The van der Waals surface area contributed by atoms with E-state index >= 15 is 0 Å². The minimum absolute atomic E-state index is 0.260. The van der Waals surface area contributed by atoms with Crippen molar-refractivity contribution in [3.63, 3.8) is 0 Å². The van der Waals surface area contributed by atoms with Crippen LogP contribution in [-0.2, 0) is 0 Å². The van der Waals surface area contributed by atoms with E-state index in [4.69, 9.17) is 0 Å². The lowest BCUT2D eigenvalue weighted by Gasteiger charge is -2.21. The minimum Gasteiger partial charge on any atom is -0.0570 e. The van der Waals surface area contributed by atoms with Gasteiger partial charge in [0.1, 0.15) is 0 Å². The Kier molecular flexibility index (Phi) is 4.91. The Bertz CT molecular complexity index is 768. The summed E-state index contributed by atoms with van der Waals surface area (Å²) in [5, 5.41) is 0. The minimum atomic E-state index is 0.260. The molecule has 0 heterocycles. The number of hydrogen-bond donors (Lipinski definition) is 0. The second-order valence-electron chi connectivity index (χ2n) is 6.83. The third-order valence-corrected chi connectivity index (χ3v) is 4.89. The maximum Gasteiger partial charge on any atom is 0.0340 e. The summed E-state index contributed by atoms with van der Waals surface area (Å²) in [5.41, 5.74) is 9.31. The molecule has 0 aliphatic carbocycles. The third kappa shape index (κ3) is 3.79. The predicted octanol–water partition coefficient (Wildman–Crippen LogP) is 6.86. The van der Waals surface area contributed by atoms with Crippen LogP contribution in [0.25, 0.3) is 0 Å². The fraction of sp³-hybridized carbons (Fsp3) is 0.217. The topological polar surface area (TPSA) is 0 Å². The van der Waals surface area contributed by atoms with Crippen molar-refractivity contribution >= 4 is 15.9 Å². The molecule has 3 aromatic rings. The summed E-state index contributed by atoms with van der Waals surface area (Å²) < 4.78 is 1.12. The van der Waals surface area contributed by atoms with Crippen molar-refractivity contribution in [1.29, 1.82) is 0 Å². The Morgan fingerprint density at radius 1 is 0.542 bits per heavy atom. The summed E-state index contributed by atoms with van der Waals surface area (Å²) in [5.74, 6) is 0.260. The molecule has 0 unspecified atom stereocenters. The van der Waals surface area contributed by atoms with Crippen LogP contribution in [0.4, 0.5) is 0 Å². The smallest absolute Gasteiger partial charge is 0.0340 e. The van der Waals surface area contributed by atoms with E-state index < -0.39 is 0 Å². The van der Waals surface area contributed by atoms with Crippen LogP contribution in [0.3, 0.4) is 0 Å². The number of halogens is 1. The monoisotopic (exact) mass is 378 g/mol. The first kappa shape index (κ1) is 17.0.